The van der Waals surface area contributed by atoms with Crippen molar-refractivity contribution in [3.05, 3.63) is 51.8 Å². The summed E-state index contributed by atoms with van der Waals surface area (Å²) in [7, 11) is -3.62. The van der Waals surface area contributed by atoms with Crippen molar-refractivity contribution in [1.29, 1.82) is 5.26 Å². The third kappa shape index (κ3) is 2.74. The van der Waals surface area contributed by atoms with E-state index >= 15 is 0 Å². The third-order valence-corrected chi connectivity index (χ3v) is 5.62. The van der Waals surface area contributed by atoms with Crippen LogP contribution in [-0.4, -0.2) is 30.6 Å². The summed E-state index contributed by atoms with van der Waals surface area (Å²) in [6.45, 7) is 0. The molecule has 9 nitrogen and oxygen atoms in total. The van der Waals surface area contributed by atoms with E-state index in [-0.39, 0.29) is 39.7 Å². The smallest absolute Gasteiger partial charge is 0.262 e. The molecule has 0 atom stereocenters. The Bertz CT molecular complexity index is 1140. The van der Waals surface area contributed by atoms with Crippen LogP contribution in [0.5, 0.6) is 0 Å². The van der Waals surface area contributed by atoms with Gasteiger partial charge in [-0.15, -0.1) is 0 Å². The van der Waals surface area contributed by atoms with Gasteiger partial charge in [-0.2, -0.15) is 5.26 Å². The number of amides is 2. The molecule has 132 valence electrons. The highest BCUT2D eigenvalue weighted by Crippen LogP contribution is 2.23. The Morgan fingerprint density at radius 3 is 2.38 bits per heavy atom. The van der Waals surface area contributed by atoms with Crippen molar-refractivity contribution >= 4 is 27.5 Å². The Kier molecular flexibility index (Phi) is 4.09. The molecular formula is C16H12N4O5S. The highest BCUT2D eigenvalue weighted by Gasteiger charge is 2.31. The number of aromatic nitrogens is 1. The molecule has 2 amide bonds. The standard InChI is InChI=1S/C16H12N4O5S/c17-6-1-7-26(24,25)10-4-2-9(3-5-10)20-12(21)8-11-13(14(20)18)16(23)19-15(11)22/h2-5,8H,1,7,18H2,(H,19,22,23). The van der Waals surface area contributed by atoms with Crippen LogP contribution >= 0.6 is 0 Å². The first-order valence-corrected chi connectivity index (χ1v) is 9.03. The number of carbonyl (C=O) groups excluding carboxylic acids is 2. The van der Waals surface area contributed by atoms with E-state index in [2.05, 4.69) is 5.32 Å². The highest BCUT2D eigenvalue weighted by atomic mass is 32.2. The van der Waals surface area contributed by atoms with Crippen molar-refractivity contribution in [2.24, 2.45) is 0 Å². The molecule has 3 N–H and O–H groups in total. The van der Waals surface area contributed by atoms with Crippen LogP contribution in [0.2, 0.25) is 0 Å². The van der Waals surface area contributed by atoms with Gasteiger partial charge in [0.2, 0.25) is 0 Å². The average molecular weight is 372 g/mol. The molecule has 2 heterocycles. The highest BCUT2D eigenvalue weighted by molar-refractivity contribution is 7.91. The van der Waals surface area contributed by atoms with Gasteiger partial charge in [-0.25, -0.2) is 8.42 Å². The molecule has 0 aliphatic carbocycles. The van der Waals surface area contributed by atoms with Crippen LogP contribution in [0.4, 0.5) is 5.82 Å². The van der Waals surface area contributed by atoms with Gasteiger partial charge in [0.25, 0.3) is 17.4 Å². The van der Waals surface area contributed by atoms with E-state index in [9.17, 15) is 22.8 Å². The summed E-state index contributed by atoms with van der Waals surface area (Å²) in [6, 6.07) is 8.06. The van der Waals surface area contributed by atoms with Gasteiger partial charge in [-0.1, -0.05) is 0 Å². The van der Waals surface area contributed by atoms with Crippen LogP contribution in [0, 0.1) is 11.3 Å². The number of carbonyl (C=O) groups is 2. The van der Waals surface area contributed by atoms with Crippen molar-refractivity contribution in [1.82, 2.24) is 9.88 Å². The Balaban J connectivity index is 2.08. The Morgan fingerprint density at radius 1 is 1.12 bits per heavy atom. The molecule has 0 radical (unpaired) electrons. The summed E-state index contributed by atoms with van der Waals surface area (Å²) in [5, 5.41) is 10.6. The lowest BCUT2D eigenvalue weighted by Gasteiger charge is -2.12. The van der Waals surface area contributed by atoms with Crippen molar-refractivity contribution in [3.63, 3.8) is 0 Å². The minimum atomic E-state index is -3.62. The fraction of sp³-hybridized carbons (Fsp3) is 0.125. The molecular weight excluding hydrogens is 360 g/mol. The lowest BCUT2D eigenvalue weighted by Crippen LogP contribution is -2.24. The van der Waals surface area contributed by atoms with Gasteiger partial charge in [0.15, 0.2) is 9.84 Å². The topological polar surface area (TPSA) is 152 Å². The number of pyridine rings is 1. The summed E-state index contributed by atoms with van der Waals surface area (Å²) >= 11 is 0. The van der Waals surface area contributed by atoms with Gasteiger partial charge in [0, 0.05) is 12.5 Å². The fourth-order valence-electron chi connectivity index (χ4n) is 2.65. The summed E-state index contributed by atoms with van der Waals surface area (Å²) in [5.41, 5.74) is 5.32. The lowest BCUT2D eigenvalue weighted by molar-refractivity contribution is 0.0880. The second kappa shape index (κ2) is 6.12. The molecule has 1 aromatic heterocycles. The molecule has 1 aliphatic heterocycles. The minimum Gasteiger partial charge on any atom is -0.384 e. The summed E-state index contributed by atoms with van der Waals surface area (Å²) in [6.07, 6.45) is -0.134. The van der Waals surface area contributed by atoms with Crippen LogP contribution in [-0.2, 0) is 9.84 Å². The lowest BCUT2D eigenvalue weighted by atomic mass is 10.1. The molecule has 0 unspecified atom stereocenters. The molecule has 0 saturated carbocycles. The first kappa shape index (κ1) is 17.4. The zero-order chi connectivity index (χ0) is 19.1. The van der Waals surface area contributed by atoms with Gasteiger partial charge in [0.05, 0.1) is 33.5 Å². The van der Waals surface area contributed by atoms with Gasteiger partial charge in [-0.3, -0.25) is 24.3 Å². The zero-order valence-corrected chi connectivity index (χ0v) is 14.0. The number of nitrogen functional groups attached to an aromatic ring is 1. The number of sulfone groups is 1. The van der Waals surface area contributed by atoms with E-state index in [0.717, 1.165) is 10.6 Å². The average Bonchev–Trinajstić information content (AvgIpc) is 2.87. The van der Waals surface area contributed by atoms with Crippen molar-refractivity contribution in [2.75, 3.05) is 11.5 Å². The number of rotatable bonds is 4. The van der Waals surface area contributed by atoms with Gasteiger partial charge in [-0.05, 0) is 24.3 Å². The van der Waals surface area contributed by atoms with Gasteiger partial charge >= 0.3 is 0 Å². The number of nitrogens with two attached hydrogens (primary N) is 1. The van der Waals surface area contributed by atoms with Crippen molar-refractivity contribution < 1.29 is 18.0 Å². The summed E-state index contributed by atoms with van der Waals surface area (Å²) in [4.78, 5) is 35.8. The number of benzene rings is 1. The van der Waals surface area contributed by atoms with E-state index in [0.29, 0.717) is 0 Å². The van der Waals surface area contributed by atoms with Crippen LogP contribution in [0.25, 0.3) is 5.69 Å². The number of nitrogens with zero attached hydrogens (tertiary/aromatic N) is 2. The summed E-state index contributed by atoms with van der Waals surface area (Å²) < 4.78 is 25.2. The SMILES string of the molecule is N#CCCS(=O)(=O)c1ccc(-n2c(N)c3c(cc2=O)C(=O)NC3=O)cc1. The second-order valence-corrected chi connectivity index (χ2v) is 7.61. The number of hydrogen-bond donors (Lipinski definition) is 2. The van der Waals surface area contributed by atoms with E-state index in [4.69, 9.17) is 11.0 Å². The second-order valence-electron chi connectivity index (χ2n) is 5.50. The number of nitrogens with one attached hydrogen (secondary N) is 1. The molecule has 0 saturated heterocycles. The van der Waals surface area contributed by atoms with Gasteiger partial charge in [0.1, 0.15) is 5.82 Å². The number of fused-ring (bicyclic) bond motifs is 1. The Labute approximate surface area is 147 Å². The molecule has 1 aromatic carbocycles. The predicted molar refractivity (Wildman–Crippen MR) is 90.5 cm³/mol. The maximum Gasteiger partial charge on any atom is 0.262 e. The largest absolute Gasteiger partial charge is 0.384 e. The molecule has 0 fully saturated rings. The minimum absolute atomic E-state index is 0.00259. The Hall–Kier alpha value is -3.45. The zero-order valence-electron chi connectivity index (χ0n) is 13.2. The predicted octanol–water partition coefficient (Wildman–Crippen LogP) is -0.00932. The molecule has 0 bridgehead atoms. The fourth-order valence-corrected chi connectivity index (χ4v) is 3.79. The molecule has 2 aromatic rings. The van der Waals surface area contributed by atoms with Crippen LogP contribution in [0.15, 0.2) is 40.0 Å². The molecule has 3 rings (SSSR count). The van der Waals surface area contributed by atoms with Crippen LogP contribution < -0.4 is 16.6 Å². The third-order valence-electron chi connectivity index (χ3n) is 3.89. The van der Waals surface area contributed by atoms with Crippen LogP contribution in [0.3, 0.4) is 0 Å². The number of imide groups is 1. The Morgan fingerprint density at radius 2 is 1.77 bits per heavy atom. The van der Waals surface area contributed by atoms with Gasteiger partial charge < -0.3 is 5.73 Å². The number of anilines is 1. The van der Waals surface area contributed by atoms with E-state index in [1.54, 1.807) is 6.07 Å². The maximum absolute atomic E-state index is 12.3. The maximum atomic E-state index is 12.3. The quantitative estimate of drug-likeness (QED) is 0.716. The monoisotopic (exact) mass is 372 g/mol. The molecule has 10 heteroatoms. The number of nitriles is 1. The number of hydrogen-bond acceptors (Lipinski definition) is 7. The van der Waals surface area contributed by atoms with Crippen molar-refractivity contribution in [3.8, 4) is 11.8 Å². The molecule has 26 heavy (non-hydrogen) atoms. The normalized spacial score (nSPS) is 13.2. The van der Waals surface area contributed by atoms with E-state index in [1.807, 2.05) is 0 Å². The summed E-state index contributed by atoms with van der Waals surface area (Å²) in [5.74, 6) is -1.92. The van der Waals surface area contributed by atoms with Crippen molar-refractivity contribution in [2.45, 2.75) is 11.3 Å². The van der Waals surface area contributed by atoms with E-state index < -0.39 is 27.2 Å². The molecule has 0 spiro atoms. The molecule has 1 aliphatic rings. The van der Waals surface area contributed by atoms with Crippen LogP contribution in [0.1, 0.15) is 27.1 Å². The first-order valence-electron chi connectivity index (χ1n) is 7.37. The first-order chi connectivity index (χ1) is 12.3. The van der Waals surface area contributed by atoms with E-state index in [1.165, 1.54) is 24.3 Å².